The van der Waals surface area contributed by atoms with Gasteiger partial charge in [0.2, 0.25) is 5.91 Å². The van der Waals surface area contributed by atoms with Crippen LogP contribution in [-0.2, 0) is 19.2 Å². The summed E-state index contributed by atoms with van der Waals surface area (Å²) in [5, 5.41) is 19.0. The lowest BCUT2D eigenvalue weighted by Gasteiger charge is -2.12. The molecule has 7 nitrogen and oxygen atoms in total. The number of aliphatic carboxylic acids is 2. The van der Waals surface area contributed by atoms with Crippen LogP contribution in [0.5, 0.6) is 0 Å². The van der Waals surface area contributed by atoms with Gasteiger partial charge in [0, 0.05) is 18.6 Å². The van der Waals surface area contributed by atoms with Crippen LogP contribution in [0.4, 0.5) is 0 Å². The van der Waals surface area contributed by atoms with E-state index in [0.29, 0.717) is 11.8 Å². The molecule has 0 aromatic rings. The molecule has 3 N–H and O–H groups in total. The minimum absolute atomic E-state index is 0.112. The third-order valence-corrected chi connectivity index (χ3v) is 2.93. The fraction of sp³-hybridized carbons (Fsp3) is 0.600. The lowest BCUT2D eigenvalue weighted by Crippen LogP contribution is -2.42. The van der Waals surface area contributed by atoms with Crippen LogP contribution in [0.3, 0.4) is 0 Å². The molecule has 0 heterocycles. The Hall–Kier alpha value is -1.57. The minimum Gasteiger partial charge on any atom is -0.481 e. The Kier molecular flexibility index (Phi) is 7.77. The van der Waals surface area contributed by atoms with Gasteiger partial charge in [0.15, 0.2) is 5.12 Å². The maximum atomic E-state index is 11.2. The summed E-state index contributed by atoms with van der Waals surface area (Å²) in [4.78, 5) is 43.3. The summed E-state index contributed by atoms with van der Waals surface area (Å²) >= 11 is 0.710. The third kappa shape index (κ3) is 7.66. The molecule has 0 radical (unpaired) electrons. The molecule has 0 fully saturated rings. The molecular formula is C10H15NO6S. The van der Waals surface area contributed by atoms with Crippen molar-refractivity contribution in [3.63, 3.8) is 0 Å². The van der Waals surface area contributed by atoms with Gasteiger partial charge in [-0.15, -0.1) is 0 Å². The monoisotopic (exact) mass is 277 g/mol. The Morgan fingerprint density at radius 3 is 2.22 bits per heavy atom. The summed E-state index contributed by atoms with van der Waals surface area (Å²) in [7, 11) is 0. The molecule has 0 aromatic carbocycles. The number of carboxylic acid groups (broad SMARTS) is 2. The zero-order chi connectivity index (χ0) is 14.1. The van der Waals surface area contributed by atoms with Crippen molar-refractivity contribution in [1.29, 1.82) is 0 Å². The summed E-state index contributed by atoms with van der Waals surface area (Å²) in [6, 6.07) is -1.14. The predicted octanol–water partition coefficient (Wildman–Crippen LogP) is 0.0904. The van der Waals surface area contributed by atoms with Gasteiger partial charge in [-0.05, 0) is 0 Å². The number of carbonyl (C=O) groups excluding carboxylic acids is 2. The van der Waals surface area contributed by atoms with Crippen LogP contribution in [0.25, 0.3) is 0 Å². The molecule has 0 bridgehead atoms. The van der Waals surface area contributed by atoms with Crippen molar-refractivity contribution >= 4 is 34.7 Å². The summed E-state index contributed by atoms with van der Waals surface area (Å²) in [6.45, 7) is 1.58. The second-order valence-corrected chi connectivity index (χ2v) is 4.47. The Morgan fingerprint density at radius 1 is 1.17 bits per heavy atom. The van der Waals surface area contributed by atoms with E-state index in [1.54, 1.807) is 6.92 Å². The van der Waals surface area contributed by atoms with E-state index >= 15 is 0 Å². The molecule has 0 aliphatic heterocycles. The van der Waals surface area contributed by atoms with Crippen molar-refractivity contribution in [2.45, 2.75) is 32.2 Å². The van der Waals surface area contributed by atoms with Gasteiger partial charge in [-0.3, -0.25) is 14.4 Å². The normalized spacial score (nSPS) is 11.6. The molecule has 8 heteroatoms. The molecule has 0 saturated carbocycles. The van der Waals surface area contributed by atoms with E-state index < -0.39 is 29.0 Å². The average molecular weight is 277 g/mol. The molecule has 0 aromatic heterocycles. The number of rotatable bonds is 8. The highest BCUT2D eigenvalue weighted by molar-refractivity contribution is 8.13. The molecule has 0 rings (SSSR count). The summed E-state index contributed by atoms with van der Waals surface area (Å²) < 4.78 is 0. The van der Waals surface area contributed by atoms with Gasteiger partial charge >= 0.3 is 11.9 Å². The number of carbonyl (C=O) groups is 4. The van der Waals surface area contributed by atoms with Gasteiger partial charge in [0.1, 0.15) is 6.04 Å². The highest BCUT2D eigenvalue weighted by Gasteiger charge is 2.20. The lowest BCUT2D eigenvalue weighted by molar-refractivity contribution is -0.141. The molecule has 1 atom stereocenters. The summed E-state index contributed by atoms with van der Waals surface area (Å²) in [6.07, 6.45) is -0.291. The van der Waals surface area contributed by atoms with Crippen LogP contribution in [-0.4, -0.2) is 45.0 Å². The van der Waals surface area contributed by atoms with Crippen LogP contribution >= 0.6 is 11.8 Å². The summed E-state index contributed by atoms with van der Waals surface area (Å²) in [5.41, 5.74) is 0. The van der Waals surface area contributed by atoms with Crippen molar-refractivity contribution in [2.24, 2.45) is 0 Å². The van der Waals surface area contributed by atoms with Crippen molar-refractivity contribution in [3.05, 3.63) is 0 Å². The van der Waals surface area contributed by atoms with Gasteiger partial charge in [0.25, 0.3) is 0 Å². The quantitative estimate of drug-likeness (QED) is 0.575. The fourth-order valence-corrected chi connectivity index (χ4v) is 1.75. The summed E-state index contributed by atoms with van der Waals surface area (Å²) in [5.74, 6) is -2.84. The topological polar surface area (TPSA) is 121 Å². The van der Waals surface area contributed by atoms with Crippen molar-refractivity contribution in [1.82, 2.24) is 5.32 Å². The second-order valence-electron chi connectivity index (χ2n) is 3.39. The molecule has 18 heavy (non-hydrogen) atoms. The molecule has 1 amide bonds. The molecular weight excluding hydrogens is 262 g/mol. The molecule has 102 valence electrons. The molecule has 0 aliphatic rings. The number of hydrogen-bond acceptors (Lipinski definition) is 5. The van der Waals surface area contributed by atoms with Crippen LogP contribution in [0.2, 0.25) is 0 Å². The minimum atomic E-state index is -1.23. The Morgan fingerprint density at radius 2 is 1.78 bits per heavy atom. The lowest BCUT2D eigenvalue weighted by atomic mass is 10.3. The maximum Gasteiger partial charge on any atom is 0.327 e. The van der Waals surface area contributed by atoms with Crippen LogP contribution < -0.4 is 5.32 Å². The standard InChI is InChI=1S/C10H15NO6S/c1-2-7(12)11-6(10(16)17)5-18-9(15)4-3-8(13)14/h6H,2-5H2,1H3,(H,11,12)(H,13,14)(H,16,17)/t6-/m0/s1. The smallest absolute Gasteiger partial charge is 0.327 e. The first-order valence-corrected chi connectivity index (χ1v) is 6.25. The van der Waals surface area contributed by atoms with Crippen LogP contribution in [0, 0.1) is 0 Å². The van der Waals surface area contributed by atoms with E-state index in [4.69, 9.17) is 10.2 Å². The van der Waals surface area contributed by atoms with E-state index in [2.05, 4.69) is 5.32 Å². The molecule has 0 unspecified atom stereocenters. The number of hydrogen-bond donors (Lipinski definition) is 3. The van der Waals surface area contributed by atoms with Gasteiger partial charge < -0.3 is 15.5 Å². The first-order valence-electron chi connectivity index (χ1n) is 5.26. The first kappa shape index (κ1) is 16.4. The highest BCUT2D eigenvalue weighted by atomic mass is 32.2. The van der Waals surface area contributed by atoms with Crippen molar-refractivity contribution < 1.29 is 29.4 Å². The highest BCUT2D eigenvalue weighted by Crippen LogP contribution is 2.09. The first-order chi connectivity index (χ1) is 8.36. The van der Waals surface area contributed by atoms with Gasteiger partial charge in [-0.25, -0.2) is 4.79 Å². The van der Waals surface area contributed by atoms with Crippen LogP contribution in [0.15, 0.2) is 0 Å². The largest absolute Gasteiger partial charge is 0.481 e. The number of carboxylic acids is 2. The molecule has 0 aliphatic carbocycles. The van der Waals surface area contributed by atoms with E-state index in [9.17, 15) is 19.2 Å². The van der Waals surface area contributed by atoms with Crippen molar-refractivity contribution in [3.8, 4) is 0 Å². The van der Waals surface area contributed by atoms with Gasteiger partial charge in [0.05, 0.1) is 6.42 Å². The van der Waals surface area contributed by atoms with E-state index in [1.165, 1.54) is 0 Å². The van der Waals surface area contributed by atoms with E-state index in [-0.39, 0.29) is 25.0 Å². The SMILES string of the molecule is CCC(=O)N[C@@H](CSC(=O)CCC(=O)O)C(=O)O. The third-order valence-electron chi connectivity index (χ3n) is 1.91. The zero-order valence-electron chi connectivity index (χ0n) is 9.84. The Balaban J connectivity index is 4.11. The molecule has 0 saturated heterocycles. The molecule has 0 spiro atoms. The number of amides is 1. The number of thioether (sulfide) groups is 1. The van der Waals surface area contributed by atoms with E-state index in [0.717, 1.165) is 0 Å². The maximum absolute atomic E-state index is 11.2. The van der Waals surface area contributed by atoms with E-state index in [1.807, 2.05) is 0 Å². The van der Waals surface area contributed by atoms with Gasteiger partial charge in [-0.2, -0.15) is 0 Å². The zero-order valence-corrected chi connectivity index (χ0v) is 10.7. The second kappa shape index (κ2) is 8.51. The fourth-order valence-electron chi connectivity index (χ4n) is 0.929. The predicted molar refractivity (Wildman–Crippen MR) is 64.2 cm³/mol. The van der Waals surface area contributed by atoms with Crippen LogP contribution in [0.1, 0.15) is 26.2 Å². The average Bonchev–Trinajstić information content (AvgIpc) is 2.30. The number of nitrogens with one attached hydrogen (secondary N) is 1. The van der Waals surface area contributed by atoms with Crippen molar-refractivity contribution in [2.75, 3.05) is 5.75 Å². The van der Waals surface area contributed by atoms with Gasteiger partial charge in [-0.1, -0.05) is 18.7 Å². The Bertz CT molecular complexity index is 343. The Labute approximate surface area is 108 Å².